The number of likely N-dealkylation sites (N-methyl/N-ethyl adjacent to an activating group) is 1. The molecule has 156 valence electrons. The first-order valence-corrected chi connectivity index (χ1v) is 10.6. The van der Waals surface area contributed by atoms with Crippen LogP contribution in [0.3, 0.4) is 0 Å². The second-order valence-corrected chi connectivity index (χ2v) is 8.29. The van der Waals surface area contributed by atoms with Crippen LogP contribution >= 0.6 is 11.8 Å². The van der Waals surface area contributed by atoms with Crippen molar-refractivity contribution in [3.8, 4) is 0 Å². The van der Waals surface area contributed by atoms with Crippen molar-refractivity contribution < 1.29 is 30.0 Å². The zero-order valence-corrected chi connectivity index (χ0v) is 17.1. The van der Waals surface area contributed by atoms with Crippen LogP contribution in [0.1, 0.15) is 26.7 Å². The fourth-order valence-electron chi connectivity index (χ4n) is 3.73. The number of nitrogens with zero attached hydrogens (tertiary/aromatic N) is 1. The molecule has 8 atom stereocenters. The molecule has 2 saturated heterocycles. The van der Waals surface area contributed by atoms with E-state index in [-0.39, 0.29) is 11.9 Å². The number of hydrogen-bond donors (Lipinski definition) is 5. The van der Waals surface area contributed by atoms with Gasteiger partial charge in [-0.2, -0.15) is 0 Å². The molecule has 0 aliphatic carbocycles. The molecule has 0 radical (unpaired) electrons. The number of aliphatic hydroxyl groups excluding tert-OH is 4. The molecule has 0 saturated carbocycles. The summed E-state index contributed by atoms with van der Waals surface area (Å²) in [6.07, 6.45) is -0.812. The number of rotatable bonds is 6. The number of ether oxygens (including phenoxy) is 1. The first-order chi connectivity index (χ1) is 12.7. The van der Waals surface area contributed by atoms with E-state index >= 15 is 0 Å². The summed E-state index contributed by atoms with van der Waals surface area (Å²) in [6, 6.07) is -1.28. The van der Waals surface area contributed by atoms with Crippen LogP contribution in [0.15, 0.2) is 11.6 Å². The van der Waals surface area contributed by atoms with Gasteiger partial charge in [0.25, 0.3) is 0 Å². The number of nitrogens with one attached hydrogen (secondary N) is 1. The van der Waals surface area contributed by atoms with Crippen molar-refractivity contribution in [3.05, 3.63) is 11.6 Å². The summed E-state index contributed by atoms with van der Waals surface area (Å²) >= 11 is 1.19. The Bertz CT molecular complexity index is 544. The van der Waals surface area contributed by atoms with E-state index in [0.717, 1.165) is 6.42 Å². The minimum atomic E-state index is -1.43. The number of thioether (sulfide) groups is 1. The van der Waals surface area contributed by atoms with Crippen molar-refractivity contribution in [3.63, 3.8) is 0 Å². The number of carbonyl (C=O) groups is 1. The van der Waals surface area contributed by atoms with Gasteiger partial charge in [-0.05, 0) is 33.1 Å². The van der Waals surface area contributed by atoms with Gasteiger partial charge in [0.05, 0.1) is 18.2 Å². The second-order valence-electron chi connectivity index (χ2n) is 7.36. The molecule has 8 nitrogen and oxygen atoms in total. The van der Waals surface area contributed by atoms with Gasteiger partial charge in [-0.1, -0.05) is 18.6 Å². The third-order valence-corrected chi connectivity index (χ3v) is 6.11. The van der Waals surface area contributed by atoms with Gasteiger partial charge in [-0.3, -0.25) is 9.69 Å². The number of amides is 1. The average molecular weight is 405 g/mol. The topological polar surface area (TPSA) is 122 Å². The Morgan fingerprint density at radius 1 is 1.37 bits per heavy atom. The Balaban J connectivity index is 2.13. The van der Waals surface area contributed by atoms with E-state index in [1.54, 1.807) is 6.26 Å². The summed E-state index contributed by atoms with van der Waals surface area (Å²) in [5.41, 5.74) is 0.434. The molecule has 0 aromatic rings. The molecular weight excluding hydrogens is 372 g/mol. The van der Waals surface area contributed by atoms with E-state index in [0.29, 0.717) is 13.0 Å². The van der Waals surface area contributed by atoms with Gasteiger partial charge >= 0.3 is 0 Å². The summed E-state index contributed by atoms with van der Waals surface area (Å²) in [5, 5.41) is 43.5. The van der Waals surface area contributed by atoms with Gasteiger partial charge in [0.15, 0.2) is 0 Å². The fraction of sp³-hybridized carbons (Fsp3) is 0.833. The van der Waals surface area contributed by atoms with Crippen molar-refractivity contribution in [2.24, 2.45) is 0 Å². The molecule has 2 fully saturated rings. The van der Waals surface area contributed by atoms with E-state index in [1.165, 1.54) is 24.3 Å². The van der Waals surface area contributed by atoms with Crippen LogP contribution in [-0.4, -0.2) is 99.1 Å². The molecule has 1 amide bonds. The SMILES string of the molecule is CCC=C1CC(C(=O)NC(C(C)O)C2OC(SC)C(O)C(O)C2O)N(C)C1. The molecule has 2 heterocycles. The van der Waals surface area contributed by atoms with Crippen molar-refractivity contribution in [2.75, 3.05) is 19.8 Å². The van der Waals surface area contributed by atoms with E-state index in [1.807, 2.05) is 18.9 Å². The fourth-order valence-corrected chi connectivity index (χ4v) is 4.41. The number of aliphatic hydroxyl groups is 4. The molecule has 0 spiro atoms. The van der Waals surface area contributed by atoms with E-state index in [2.05, 4.69) is 11.4 Å². The lowest BCUT2D eigenvalue weighted by Gasteiger charge is -2.44. The predicted molar refractivity (Wildman–Crippen MR) is 103 cm³/mol. The molecule has 0 aromatic heterocycles. The standard InChI is InChI=1S/C18H32N2O6S/c1-5-6-10-7-11(20(3)8-10)17(25)19-12(9(2)21)16-14(23)13(22)15(24)18(26-16)27-4/h6,9,11-16,18,21-24H,5,7-8H2,1-4H3,(H,19,25). The Kier molecular flexibility index (Phi) is 8.11. The molecule has 8 unspecified atom stereocenters. The quantitative estimate of drug-likeness (QED) is 0.360. The maximum Gasteiger partial charge on any atom is 0.238 e. The average Bonchev–Trinajstić information content (AvgIpc) is 2.99. The van der Waals surface area contributed by atoms with Crippen LogP contribution in [0.2, 0.25) is 0 Å². The highest BCUT2D eigenvalue weighted by Gasteiger charge is 2.48. The normalized spacial score (nSPS) is 38.7. The van der Waals surface area contributed by atoms with Crippen LogP contribution in [0, 0.1) is 0 Å². The highest BCUT2D eigenvalue weighted by atomic mass is 32.2. The molecular formula is C18H32N2O6S. The smallest absolute Gasteiger partial charge is 0.238 e. The van der Waals surface area contributed by atoms with Gasteiger partial charge in [-0.15, -0.1) is 11.8 Å². The highest BCUT2D eigenvalue weighted by molar-refractivity contribution is 7.99. The molecule has 2 rings (SSSR count). The Morgan fingerprint density at radius 2 is 2.04 bits per heavy atom. The van der Waals surface area contributed by atoms with Crippen LogP contribution in [0.4, 0.5) is 0 Å². The first kappa shape index (κ1) is 22.6. The molecule has 0 bridgehead atoms. The molecule has 0 aromatic carbocycles. The van der Waals surface area contributed by atoms with Gasteiger partial charge in [0, 0.05) is 6.54 Å². The summed E-state index contributed by atoms with van der Waals surface area (Å²) < 4.78 is 5.71. The molecule has 27 heavy (non-hydrogen) atoms. The molecule has 2 aliphatic rings. The Morgan fingerprint density at radius 3 is 2.59 bits per heavy atom. The first-order valence-electron chi connectivity index (χ1n) is 9.30. The van der Waals surface area contributed by atoms with Gasteiger partial charge in [0.2, 0.25) is 5.91 Å². The maximum atomic E-state index is 12.8. The van der Waals surface area contributed by atoms with Gasteiger partial charge < -0.3 is 30.5 Å². The third kappa shape index (κ3) is 5.03. The summed E-state index contributed by atoms with van der Waals surface area (Å²) in [6.45, 7) is 4.26. The molecule has 5 N–H and O–H groups in total. The Labute approximate surface area is 164 Å². The van der Waals surface area contributed by atoms with Gasteiger partial charge in [-0.25, -0.2) is 0 Å². The number of carbonyl (C=O) groups excluding carboxylic acids is 1. The second kappa shape index (κ2) is 9.69. The predicted octanol–water partition coefficient (Wildman–Crippen LogP) is -0.937. The maximum absolute atomic E-state index is 12.8. The van der Waals surface area contributed by atoms with E-state index < -0.39 is 42.0 Å². The summed E-state index contributed by atoms with van der Waals surface area (Å²) in [4.78, 5) is 14.8. The van der Waals surface area contributed by atoms with Crippen molar-refractivity contribution in [2.45, 2.75) is 74.7 Å². The summed E-state index contributed by atoms with van der Waals surface area (Å²) in [7, 11) is 1.87. The largest absolute Gasteiger partial charge is 0.391 e. The van der Waals surface area contributed by atoms with Crippen molar-refractivity contribution in [1.82, 2.24) is 10.2 Å². The Hall–Kier alpha value is -0.680. The molecule has 2 aliphatic heterocycles. The number of hydrogen-bond acceptors (Lipinski definition) is 8. The van der Waals surface area contributed by atoms with Crippen LogP contribution in [0.5, 0.6) is 0 Å². The van der Waals surface area contributed by atoms with Crippen molar-refractivity contribution >= 4 is 17.7 Å². The zero-order chi connectivity index (χ0) is 20.3. The summed E-state index contributed by atoms with van der Waals surface area (Å²) in [5.74, 6) is -0.264. The lowest BCUT2D eigenvalue weighted by Crippen LogP contribution is -2.65. The van der Waals surface area contributed by atoms with Crippen LogP contribution < -0.4 is 5.32 Å². The number of likely N-dealkylation sites (tertiary alicyclic amines) is 1. The zero-order valence-electron chi connectivity index (χ0n) is 16.3. The monoisotopic (exact) mass is 404 g/mol. The lowest BCUT2D eigenvalue weighted by atomic mass is 9.92. The third-order valence-electron chi connectivity index (χ3n) is 5.26. The van der Waals surface area contributed by atoms with E-state index in [4.69, 9.17) is 4.74 Å². The van der Waals surface area contributed by atoms with E-state index in [9.17, 15) is 25.2 Å². The highest BCUT2D eigenvalue weighted by Crippen LogP contribution is 2.30. The molecule has 9 heteroatoms. The van der Waals surface area contributed by atoms with Crippen molar-refractivity contribution in [1.29, 1.82) is 0 Å². The van der Waals surface area contributed by atoms with Crippen LogP contribution in [0.25, 0.3) is 0 Å². The van der Waals surface area contributed by atoms with Gasteiger partial charge in [0.1, 0.15) is 29.9 Å². The number of allylic oxidation sites excluding steroid dienone is 1. The van der Waals surface area contributed by atoms with Crippen LogP contribution in [-0.2, 0) is 9.53 Å². The minimum absolute atomic E-state index is 0.264. The lowest BCUT2D eigenvalue weighted by molar-refractivity contribution is -0.211. The minimum Gasteiger partial charge on any atom is -0.391 e.